The van der Waals surface area contributed by atoms with Crippen molar-refractivity contribution < 1.29 is 33.4 Å². The summed E-state index contributed by atoms with van der Waals surface area (Å²) in [7, 11) is 2.84. The first-order chi connectivity index (χ1) is 17.3. The van der Waals surface area contributed by atoms with Crippen LogP contribution in [0.5, 0.6) is 17.2 Å². The number of imide groups is 2. The molecule has 0 unspecified atom stereocenters. The molecule has 0 radical (unpaired) electrons. The minimum Gasteiger partial charge on any atom is -0.497 e. The maximum absolute atomic E-state index is 13.1. The Morgan fingerprint density at radius 3 is 2.36 bits per heavy atom. The third-order valence-electron chi connectivity index (χ3n) is 5.19. The fourth-order valence-corrected chi connectivity index (χ4v) is 3.54. The number of amides is 4. The Balaban J connectivity index is 1.62. The van der Waals surface area contributed by atoms with Crippen molar-refractivity contribution in [1.29, 1.82) is 0 Å². The van der Waals surface area contributed by atoms with Gasteiger partial charge in [0.25, 0.3) is 11.8 Å². The molecule has 0 spiro atoms. The molecule has 1 heterocycles. The van der Waals surface area contributed by atoms with Gasteiger partial charge in [-0.25, -0.2) is 14.5 Å². The van der Waals surface area contributed by atoms with E-state index < -0.39 is 23.8 Å². The summed E-state index contributed by atoms with van der Waals surface area (Å²) in [4.78, 5) is 51.3. The highest BCUT2D eigenvalue weighted by Gasteiger charge is 2.37. The van der Waals surface area contributed by atoms with Gasteiger partial charge in [-0.1, -0.05) is 23.7 Å². The fraction of sp³-hybridized carbons (Fsp3) is 0.0769. The average Bonchev–Trinajstić information content (AvgIpc) is 2.87. The van der Waals surface area contributed by atoms with Crippen LogP contribution >= 0.6 is 11.6 Å². The lowest BCUT2D eigenvalue weighted by atomic mass is 10.1. The van der Waals surface area contributed by atoms with E-state index in [1.54, 1.807) is 30.3 Å². The lowest BCUT2D eigenvalue weighted by Gasteiger charge is -2.26. The molecule has 9 nitrogen and oxygen atoms in total. The standard InChI is InChI=1S/C26H19ClN2O7/c1-34-19-5-3-4-18(14-19)29-24(31)20(23(30)28-26(29)33)12-15-6-11-21(22(13-15)35-2)36-25(32)16-7-9-17(27)10-8-16/h3-14H,1-2H3,(H,28,30,33)/b20-12+. The summed E-state index contributed by atoms with van der Waals surface area (Å²) in [5.74, 6) is -1.52. The van der Waals surface area contributed by atoms with Crippen molar-refractivity contribution in [2.45, 2.75) is 0 Å². The first kappa shape index (κ1) is 24.5. The predicted octanol–water partition coefficient (Wildman–Crippen LogP) is 4.24. The zero-order valence-corrected chi connectivity index (χ0v) is 19.9. The summed E-state index contributed by atoms with van der Waals surface area (Å²) in [6, 6.07) is 16.1. The van der Waals surface area contributed by atoms with E-state index in [2.05, 4.69) is 5.32 Å². The van der Waals surface area contributed by atoms with Gasteiger partial charge >= 0.3 is 12.0 Å². The summed E-state index contributed by atoms with van der Waals surface area (Å²) in [6.07, 6.45) is 1.31. The highest BCUT2D eigenvalue weighted by Crippen LogP contribution is 2.31. The van der Waals surface area contributed by atoms with Gasteiger partial charge in [0.15, 0.2) is 11.5 Å². The van der Waals surface area contributed by atoms with Gasteiger partial charge in [0.1, 0.15) is 11.3 Å². The van der Waals surface area contributed by atoms with Crippen LogP contribution in [0, 0.1) is 0 Å². The zero-order valence-electron chi connectivity index (χ0n) is 19.1. The number of carbonyl (C=O) groups is 4. The van der Waals surface area contributed by atoms with Crippen molar-refractivity contribution in [2.24, 2.45) is 0 Å². The first-order valence-corrected chi connectivity index (χ1v) is 10.9. The third-order valence-corrected chi connectivity index (χ3v) is 5.45. The van der Waals surface area contributed by atoms with Crippen molar-refractivity contribution >= 4 is 47.2 Å². The normalized spacial score (nSPS) is 14.5. The number of ether oxygens (including phenoxy) is 3. The lowest BCUT2D eigenvalue weighted by Crippen LogP contribution is -2.54. The van der Waals surface area contributed by atoms with E-state index in [0.29, 0.717) is 21.9 Å². The van der Waals surface area contributed by atoms with Crippen LogP contribution in [0.25, 0.3) is 6.08 Å². The number of hydrogen-bond donors (Lipinski definition) is 1. The second kappa shape index (κ2) is 10.3. The number of methoxy groups -OCH3 is 2. The number of halogens is 1. The quantitative estimate of drug-likeness (QED) is 0.230. The number of nitrogens with zero attached hydrogens (tertiary/aromatic N) is 1. The average molecular weight is 507 g/mol. The molecule has 4 amide bonds. The number of esters is 1. The Hall–Kier alpha value is -4.63. The van der Waals surface area contributed by atoms with Gasteiger partial charge in [-0.3, -0.25) is 14.9 Å². The molecular weight excluding hydrogens is 488 g/mol. The second-order valence-corrected chi connectivity index (χ2v) is 7.90. The number of nitrogens with one attached hydrogen (secondary N) is 1. The molecule has 0 aliphatic carbocycles. The van der Waals surface area contributed by atoms with Gasteiger partial charge in [-0.15, -0.1) is 0 Å². The molecule has 0 aromatic heterocycles. The van der Waals surface area contributed by atoms with E-state index in [0.717, 1.165) is 4.90 Å². The van der Waals surface area contributed by atoms with E-state index in [1.165, 1.54) is 56.7 Å². The van der Waals surface area contributed by atoms with Gasteiger partial charge in [0.2, 0.25) is 0 Å². The van der Waals surface area contributed by atoms with E-state index >= 15 is 0 Å². The number of rotatable bonds is 6. The molecule has 1 aliphatic heterocycles. The van der Waals surface area contributed by atoms with Crippen molar-refractivity contribution in [3.63, 3.8) is 0 Å². The molecule has 4 rings (SSSR count). The number of urea groups is 1. The van der Waals surface area contributed by atoms with Gasteiger partial charge < -0.3 is 14.2 Å². The molecule has 0 atom stereocenters. The third kappa shape index (κ3) is 5.06. The van der Waals surface area contributed by atoms with E-state index in [1.807, 2.05) is 0 Å². The number of hydrogen-bond acceptors (Lipinski definition) is 7. The summed E-state index contributed by atoms with van der Waals surface area (Å²) in [5.41, 5.74) is 0.652. The largest absolute Gasteiger partial charge is 0.497 e. The fourth-order valence-electron chi connectivity index (χ4n) is 3.41. The SMILES string of the molecule is COc1cccc(N2C(=O)NC(=O)/C(=C\c3ccc(OC(=O)c4ccc(Cl)cc4)c(OC)c3)C2=O)c1. The Morgan fingerprint density at radius 1 is 0.917 bits per heavy atom. The van der Waals surface area contributed by atoms with Crippen molar-refractivity contribution in [3.8, 4) is 17.2 Å². The molecule has 3 aromatic carbocycles. The number of carbonyl (C=O) groups excluding carboxylic acids is 4. The molecule has 0 saturated carbocycles. The van der Waals surface area contributed by atoms with Crippen LogP contribution in [-0.2, 0) is 9.59 Å². The van der Waals surface area contributed by atoms with Gasteiger partial charge in [-0.05, 0) is 60.2 Å². The summed E-state index contributed by atoms with van der Waals surface area (Å²) >= 11 is 5.85. The minimum absolute atomic E-state index is 0.132. The lowest BCUT2D eigenvalue weighted by molar-refractivity contribution is -0.122. The van der Waals surface area contributed by atoms with Gasteiger partial charge in [0.05, 0.1) is 25.5 Å². The van der Waals surface area contributed by atoms with Crippen LogP contribution in [0.15, 0.2) is 72.3 Å². The Labute approximate surface area is 210 Å². The maximum Gasteiger partial charge on any atom is 0.343 e. The monoisotopic (exact) mass is 506 g/mol. The molecule has 1 saturated heterocycles. The Kier molecular flexibility index (Phi) is 7.03. The molecule has 182 valence electrons. The number of benzene rings is 3. The van der Waals surface area contributed by atoms with Gasteiger partial charge in [0, 0.05) is 11.1 Å². The predicted molar refractivity (Wildman–Crippen MR) is 131 cm³/mol. The molecule has 1 N–H and O–H groups in total. The second-order valence-electron chi connectivity index (χ2n) is 7.47. The minimum atomic E-state index is -0.877. The molecule has 36 heavy (non-hydrogen) atoms. The van der Waals surface area contributed by atoms with Crippen LogP contribution in [0.3, 0.4) is 0 Å². The summed E-state index contributed by atoms with van der Waals surface area (Å²) in [6.45, 7) is 0. The van der Waals surface area contributed by atoms with E-state index in [-0.39, 0.29) is 22.8 Å². The maximum atomic E-state index is 13.1. The van der Waals surface area contributed by atoms with Crippen molar-refractivity contribution in [2.75, 3.05) is 19.1 Å². The van der Waals surface area contributed by atoms with Crippen LogP contribution in [-0.4, -0.2) is 38.0 Å². The number of anilines is 1. The Morgan fingerprint density at radius 2 is 1.67 bits per heavy atom. The molecule has 1 fully saturated rings. The molecule has 10 heteroatoms. The highest BCUT2D eigenvalue weighted by atomic mass is 35.5. The van der Waals surface area contributed by atoms with E-state index in [4.69, 9.17) is 25.8 Å². The topological polar surface area (TPSA) is 111 Å². The molecule has 1 aliphatic rings. The first-order valence-electron chi connectivity index (χ1n) is 10.5. The summed E-state index contributed by atoms with van der Waals surface area (Å²) in [5, 5.41) is 2.64. The van der Waals surface area contributed by atoms with Crippen LogP contribution < -0.4 is 24.4 Å². The number of barbiturate groups is 1. The van der Waals surface area contributed by atoms with Crippen LogP contribution in [0.2, 0.25) is 5.02 Å². The van der Waals surface area contributed by atoms with Crippen LogP contribution in [0.4, 0.5) is 10.5 Å². The van der Waals surface area contributed by atoms with Crippen LogP contribution in [0.1, 0.15) is 15.9 Å². The molecule has 3 aromatic rings. The van der Waals surface area contributed by atoms with Crippen molar-refractivity contribution in [3.05, 3.63) is 88.5 Å². The summed E-state index contributed by atoms with van der Waals surface area (Å²) < 4.78 is 15.9. The van der Waals surface area contributed by atoms with Gasteiger partial charge in [-0.2, -0.15) is 0 Å². The highest BCUT2D eigenvalue weighted by molar-refractivity contribution is 6.39. The van der Waals surface area contributed by atoms with Crippen molar-refractivity contribution in [1.82, 2.24) is 5.32 Å². The smallest absolute Gasteiger partial charge is 0.343 e. The Bertz CT molecular complexity index is 1400. The van der Waals surface area contributed by atoms with E-state index in [9.17, 15) is 19.2 Å². The molecular formula is C26H19ClN2O7. The zero-order chi connectivity index (χ0) is 25.8. The molecule has 0 bridgehead atoms.